The van der Waals surface area contributed by atoms with Crippen LogP contribution in [0.1, 0.15) is 52.7 Å². The summed E-state index contributed by atoms with van der Waals surface area (Å²) in [4.78, 5) is 7.73. The molecule has 2 bridgehead atoms. The number of nitrogens with two attached hydrogens (primary N) is 1. The summed E-state index contributed by atoms with van der Waals surface area (Å²) < 4.78 is 8.14. The first-order valence-corrected chi connectivity index (χ1v) is 11.5. The molecule has 1 saturated heterocycles. The summed E-state index contributed by atoms with van der Waals surface area (Å²) in [6.45, 7) is 12.0. The number of fused-ring (bicyclic) bond motifs is 3. The van der Waals surface area contributed by atoms with Crippen LogP contribution in [0.25, 0.3) is 16.9 Å². The van der Waals surface area contributed by atoms with Gasteiger partial charge in [-0.05, 0) is 61.3 Å². The second-order valence-corrected chi connectivity index (χ2v) is 10.6. The minimum absolute atomic E-state index is 0.398. The van der Waals surface area contributed by atoms with Crippen LogP contribution in [-0.2, 0) is 6.54 Å². The molecule has 1 aromatic carbocycles. The lowest BCUT2D eigenvalue weighted by Gasteiger charge is -2.40. The fourth-order valence-electron chi connectivity index (χ4n) is 6.37. The van der Waals surface area contributed by atoms with Crippen molar-refractivity contribution in [3.05, 3.63) is 48.3 Å². The number of hydrogen-bond acceptors (Lipinski definition) is 4. The lowest BCUT2D eigenvalue weighted by Crippen LogP contribution is -2.34. The molecule has 1 saturated carbocycles. The number of nitrogens with zero attached hydrogens (tertiary/aromatic N) is 3. The van der Waals surface area contributed by atoms with Crippen molar-refractivity contribution in [2.45, 2.75) is 59.5 Å². The van der Waals surface area contributed by atoms with E-state index in [4.69, 9.17) is 15.5 Å². The molecular formula is C26H34N4O. The predicted octanol–water partition coefficient (Wildman–Crippen LogP) is 5.38. The molecule has 1 aliphatic heterocycles. The molecule has 2 atom stereocenters. The molecule has 0 amide bonds. The number of para-hydroxylation sites is 1. The van der Waals surface area contributed by atoms with E-state index in [1.807, 2.05) is 37.4 Å². The van der Waals surface area contributed by atoms with Gasteiger partial charge in [0.2, 0.25) is 0 Å². The zero-order valence-corrected chi connectivity index (χ0v) is 19.2. The number of benzene rings is 1. The summed E-state index contributed by atoms with van der Waals surface area (Å²) in [5.74, 6) is 0.885. The van der Waals surface area contributed by atoms with Crippen LogP contribution < -0.4 is 10.5 Å². The number of anilines is 1. The molecule has 2 N–H and O–H groups in total. The Morgan fingerprint density at radius 3 is 2.74 bits per heavy atom. The van der Waals surface area contributed by atoms with Gasteiger partial charge in [0.05, 0.1) is 18.0 Å². The molecule has 2 unspecified atom stereocenters. The van der Waals surface area contributed by atoms with Crippen molar-refractivity contribution in [2.24, 2.45) is 10.8 Å². The Labute approximate surface area is 185 Å². The summed E-state index contributed by atoms with van der Waals surface area (Å²) >= 11 is 0. The zero-order valence-electron chi connectivity index (χ0n) is 19.2. The third kappa shape index (κ3) is 3.69. The van der Waals surface area contributed by atoms with E-state index < -0.39 is 0 Å². The third-order valence-corrected chi connectivity index (χ3v) is 7.06. The Hall–Kier alpha value is -2.53. The van der Waals surface area contributed by atoms with Crippen molar-refractivity contribution < 1.29 is 4.74 Å². The number of nitrogen functional groups attached to an aromatic ring is 1. The molecule has 2 aromatic heterocycles. The van der Waals surface area contributed by atoms with Crippen molar-refractivity contribution in [1.82, 2.24) is 14.3 Å². The van der Waals surface area contributed by atoms with Gasteiger partial charge in [-0.2, -0.15) is 0 Å². The van der Waals surface area contributed by atoms with Crippen LogP contribution >= 0.6 is 0 Å². The number of rotatable bonds is 5. The number of pyridine rings is 1. The molecule has 1 aliphatic carbocycles. The molecule has 3 heterocycles. The molecule has 3 aromatic rings. The first kappa shape index (κ1) is 20.4. The number of imidazole rings is 1. The van der Waals surface area contributed by atoms with E-state index in [9.17, 15) is 0 Å². The maximum absolute atomic E-state index is 6.18. The minimum Gasteiger partial charge on any atom is -0.493 e. The average molecular weight is 419 g/mol. The van der Waals surface area contributed by atoms with Crippen LogP contribution in [0, 0.1) is 10.8 Å². The Morgan fingerprint density at radius 2 is 1.94 bits per heavy atom. The van der Waals surface area contributed by atoms with Gasteiger partial charge in [0.1, 0.15) is 11.4 Å². The van der Waals surface area contributed by atoms with Crippen LogP contribution in [0.3, 0.4) is 0 Å². The number of likely N-dealkylation sites (tertiary alicyclic amines) is 1. The van der Waals surface area contributed by atoms with Crippen molar-refractivity contribution in [2.75, 3.05) is 18.9 Å². The van der Waals surface area contributed by atoms with Gasteiger partial charge in [0.25, 0.3) is 0 Å². The van der Waals surface area contributed by atoms with Crippen LogP contribution in [0.5, 0.6) is 5.75 Å². The van der Waals surface area contributed by atoms with Gasteiger partial charge in [-0.3, -0.25) is 4.90 Å². The van der Waals surface area contributed by atoms with E-state index in [1.54, 1.807) is 0 Å². The van der Waals surface area contributed by atoms with Gasteiger partial charge in [-0.15, -0.1) is 0 Å². The highest BCUT2D eigenvalue weighted by atomic mass is 16.5. The minimum atomic E-state index is 0.398. The number of aromatic nitrogens is 2. The molecule has 0 radical (unpaired) electrons. The molecule has 164 valence electrons. The van der Waals surface area contributed by atoms with Gasteiger partial charge in [-0.1, -0.05) is 32.9 Å². The third-order valence-electron chi connectivity index (χ3n) is 7.06. The summed E-state index contributed by atoms with van der Waals surface area (Å²) in [6, 6.07) is 12.8. The zero-order chi connectivity index (χ0) is 21.8. The highest BCUT2D eigenvalue weighted by Gasteiger charge is 2.49. The SMILES string of the molecule is CCOc1ccccc1-c1nc2ccc(N)cn2c1CN1CC2(C)CC1CC(C)(C)C2. The van der Waals surface area contributed by atoms with Crippen LogP contribution in [0.4, 0.5) is 5.69 Å². The molecular weight excluding hydrogens is 384 g/mol. The van der Waals surface area contributed by atoms with E-state index in [0.29, 0.717) is 23.5 Å². The van der Waals surface area contributed by atoms with E-state index >= 15 is 0 Å². The molecule has 2 aliphatic rings. The molecule has 5 heteroatoms. The van der Waals surface area contributed by atoms with E-state index in [-0.39, 0.29) is 0 Å². The average Bonchev–Trinajstić information content (AvgIpc) is 3.15. The van der Waals surface area contributed by atoms with Gasteiger partial charge >= 0.3 is 0 Å². The molecule has 2 fully saturated rings. The van der Waals surface area contributed by atoms with Crippen LogP contribution in [0.2, 0.25) is 0 Å². The standard InChI is InChI=1S/C26H34N4O/c1-5-31-22-9-7-6-8-20(22)24-21(30-14-18(27)10-11-23(30)28-24)15-29-17-26(4)13-19(29)12-25(2,3)16-26/h6-11,14,19H,5,12-13,15-17,27H2,1-4H3. The van der Waals surface area contributed by atoms with Gasteiger partial charge in [-0.25, -0.2) is 4.98 Å². The molecule has 31 heavy (non-hydrogen) atoms. The summed E-state index contributed by atoms with van der Waals surface area (Å²) in [5.41, 5.74) is 11.9. The van der Waals surface area contributed by atoms with Crippen LogP contribution in [0.15, 0.2) is 42.6 Å². The monoisotopic (exact) mass is 418 g/mol. The van der Waals surface area contributed by atoms with E-state index in [1.165, 1.54) is 25.0 Å². The first-order valence-electron chi connectivity index (χ1n) is 11.5. The fraction of sp³-hybridized carbons (Fsp3) is 0.500. The van der Waals surface area contributed by atoms with E-state index in [0.717, 1.165) is 41.4 Å². The van der Waals surface area contributed by atoms with Crippen molar-refractivity contribution in [1.29, 1.82) is 0 Å². The maximum Gasteiger partial charge on any atom is 0.137 e. The van der Waals surface area contributed by atoms with Gasteiger partial charge in [0.15, 0.2) is 0 Å². The largest absolute Gasteiger partial charge is 0.493 e. The highest BCUT2D eigenvalue weighted by molar-refractivity contribution is 5.72. The van der Waals surface area contributed by atoms with Crippen molar-refractivity contribution >= 4 is 11.3 Å². The Morgan fingerprint density at radius 1 is 1.13 bits per heavy atom. The normalized spacial score (nSPS) is 25.2. The fourth-order valence-corrected chi connectivity index (χ4v) is 6.37. The van der Waals surface area contributed by atoms with Crippen molar-refractivity contribution in [3.8, 4) is 17.0 Å². The second kappa shape index (κ2) is 7.27. The smallest absolute Gasteiger partial charge is 0.137 e. The Balaban J connectivity index is 1.60. The second-order valence-electron chi connectivity index (χ2n) is 10.6. The lowest BCUT2D eigenvalue weighted by atomic mass is 9.65. The molecule has 0 spiro atoms. The Kier molecular flexibility index (Phi) is 4.78. The molecule has 5 nitrogen and oxygen atoms in total. The maximum atomic E-state index is 6.18. The highest BCUT2D eigenvalue weighted by Crippen LogP contribution is 2.53. The number of hydrogen-bond donors (Lipinski definition) is 1. The summed E-state index contributed by atoms with van der Waals surface area (Å²) in [6.07, 6.45) is 5.86. The van der Waals surface area contributed by atoms with Crippen LogP contribution in [-0.4, -0.2) is 33.5 Å². The summed E-state index contributed by atoms with van der Waals surface area (Å²) in [5, 5.41) is 0. The topological polar surface area (TPSA) is 55.8 Å². The first-order chi connectivity index (χ1) is 14.8. The van der Waals surface area contributed by atoms with Gasteiger partial charge < -0.3 is 14.9 Å². The summed E-state index contributed by atoms with van der Waals surface area (Å²) in [7, 11) is 0. The van der Waals surface area contributed by atoms with E-state index in [2.05, 4.69) is 42.2 Å². The molecule has 5 rings (SSSR count). The number of ether oxygens (including phenoxy) is 1. The Bertz CT molecular complexity index is 1120. The lowest BCUT2D eigenvalue weighted by molar-refractivity contribution is 0.126. The van der Waals surface area contributed by atoms with Crippen molar-refractivity contribution in [3.63, 3.8) is 0 Å². The predicted molar refractivity (Wildman–Crippen MR) is 126 cm³/mol. The quantitative estimate of drug-likeness (QED) is 0.604. The van der Waals surface area contributed by atoms with Gasteiger partial charge in [0, 0.05) is 36.6 Å².